The lowest BCUT2D eigenvalue weighted by Gasteiger charge is -2.04. The van der Waals surface area contributed by atoms with Gasteiger partial charge in [-0.3, -0.25) is 0 Å². The fraction of sp³-hybridized carbons (Fsp3) is 0.267. The number of nitrogens with zero attached hydrogens (tertiary/aromatic N) is 1. The van der Waals surface area contributed by atoms with Crippen molar-refractivity contribution in [2.45, 2.75) is 20.1 Å². The van der Waals surface area contributed by atoms with Crippen LogP contribution in [0.4, 0.5) is 0 Å². The summed E-state index contributed by atoms with van der Waals surface area (Å²) in [5.41, 5.74) is 2.25. The lowest BCUT2D eigenvalue weighted by Crippen LogP contribution is -2.12. The Labute approximate surface area is 118 Å². The van der Waals surface area contributed by atoms with Crippen LogP contribution in [0.15, 0.2) is 42.3 Å². The second-order valence-corrected chi connectivity index (χ2v) is 5.20. The van der Waals surface area contributed by atoms with E-state index in [-0.39, 0.29) is 0 Å². The second kappa shape index (κ2) is 7.07. The highest BCUT2D eigenvalue weighted by atomic mass is 32.1. The smallest absolute Gasteiger partial charge is 0.140 e. The molecule has 0 saturated carbocycles. The highest BCUT2D eigenvalue weighted by molar-refractivity contribution is 7.09. The first-order chi connectivity index (χ1) is 9.28. The maximum atomic E-state index is 5.72. The maximum absolute atomic E-state index is 5.72. The van der Waals surface area contributed by atoms with Crippen LogP contribution in [0.5, 0.6) is 5.75 Å². The van der Waals surface area contributed by atoms with Crippen molar-refractivity contribution < 1.29 is 4.74 Å². The number of thiazole rings is 1. The third-order valence-corrected chi connectivity index (χ3v) is 3.42. The predicted molar refractivity (Wildman–Crippen MR) is 79.5 cm³/mol. The maximum Gasteiger partial charge on any atom is 0.140 e. The van der Waals surface area contributed by atoms with Gasteiger partial charge in [-0.25, -0.2) is 4.98 Å². The molecule has 0 unspecified atom stereocenters. The molecule has 0 bridgehead atoms. The number of aromatic nitrogens is 1. The number of benzene rings is 1. The van der Waals surface area contributed by atoms with Gasteiger partial charge in [0, 0.05) is 18.5 Å². The fourth-order valence-corrected chi connectivity index (χ4v) is 2.35. The van der Waals surface area contributed by atoms with E-state index in [0.717, 1.165) is 29.5 Å². The van der Waals surface area contributed by atoms with E-state index < -0.39 is 0 Å². The molecule has 100 valence electrons. The summed E-state index contributed by atoms with van der Waals surface area (Å²) in [6.45, 7) is 7.81. The number of rotatable bonds is 7. The fourth-order valence-electron chi connectivity index (χ4n) is 1.65. The van der Waals surface area contributed by atoms with Crippen molar-refractivity contribution in [3.8, 4) is 5.75 Å². The van der Waals surface area contributed by atoms with Gasteiger partial charge in [-0.15, -0.1) is 17.9 Å². The van der Waals surface area contributed by atoms with E-state index in [1.54, 1.807) is 11.3 Å². The third-order valence-electron chi connectivity index (χ3n) is 2.55. The summed E-state index contributed by atoms with van der Waals surface area (Å²) >= 11 is 1.63. The summed E-state index contributed by atoms with van der Waals surface area (Å²) in [7, 11) is 0. The molecule has 4 heteroatoms. The predicted octanol–water partition coefficient (Wildman–Crippen LogP) is 3.31. The Hall–Kier alpha value is -1.65. The van der Waals surface area contributed by atoms with Gasteiger partial charge in [-0.2, -0.15) is 0 Å². The van der Waals surface area contributed by atoms with Gasteiger partial charge in [-0.1, -0.05) is 18.2 Å². The van der Waals surface area contributed by atoms with Crippen molar-refractivity contribution in [1.82, 2.24) is 10.3 Å². The standard InChI is InChI=1S/C15H18N2OS/c1-3-7-16-9-13-11-19-15(17-13)10-18-14-6-4-5-12(2)8-14/h3-6,8,11,16H,1,7,9-10H2,2H3. The van der Waals surface area contributed by atoms with Crippen LogP contribution in [0.1, 0.15) is 16.3 Å². The molecule has 0 amide bonds. The molecule has 0 aliphatic rings. The van der Waals surface area contributed by atoms with Crippen LogP contribution in [0.25, 0.3) is 0 Å². The average Bonchev–Trinajstić information content (AvgIpc) is 2.85. The normalized spacial score (nSPS) is 10.4. The lowest BCUT2D eigenvalue weighted by molar-refractivity contribution is 0.305. The van der Waals surface area contributed by atoms with Crippen LogP contribution in [-0.2, 0) is 13.2 Å². The van der Waals surface area contributed by atoms with E-state index in [4.69, 9.17) is 4.74 Å². The molecule has 1 heterocycles. The molecule has 0 atom stereocenters. The minimum Gasteiger partial charge on any atom is -0.486 e. The average molecular weight is 274 g/mol. The first-order valence-corrected chi connectivity index (χ1v) is 7.10. The van der Waals surface area contributed by atoms with E-state index in [1.807, 2.05) is 24.3 Å². The summed E-state index contributed by atoms with van der Waals surface area (Å²) in [4.78, 5) is 4.52. The molecule has 0 saturated heterocycles. The Bertz CT molecular complexity index is 536. The molecule has 0 radical (unpaired) electrons. The minimum absolute atomic E-state index is 0.523. The van der Waals surface area contributed by atoms with Crippen LogP contribution in [0.2, 0.25) is 0 Å². The van der Waals surface area contributed by atoms with E-state index >= 15 is 0 Å². The van der Waals surface area contributed by atoms with Crippen molar-refractivity contribution in [2.24, 2.45) is 0 Å². The molecule has 2 rings (SSSR count). The largest absolute Gasteiger partial charge is 0.486 e. The van der Waals surface area contributed by atoms with Gasteiger partial charge in [0.25, 0.3) is 0 Å². The van der Waals surface area contributed by atoms with Crippen LogP contribution >= 0.6 is 11.3 Å². The minimum atomic E-state index is 0.523. The van der Waals surface area contributed by atoms with Gasteiger partial charge in [0.05, 0.1) is 5.69 Å². The zero-order valence-corrected chi connectivity index (χ0v) is 11.9. The number of aryl methyl sites for hydroxylation is 1. The molecule has 0 aliphatic heterocycles. The van der Waals surface area contributed by atoms with Crippen LogP contribution in [0, 0.1) is 6.92 Å². The first-order valence-electron chi connectivity index (χ1n) is 6.22. The second-order valence-electron chi connectivity index (χ2n) is 4.26. The van der Waals surface area contributed by atoms with Gasteiger partial charge >= 0.3 is 0 Å². The van der Waals surface area contributed by atoms with Crippen LogP contribution < -0.4 is 10.1 Å². The number of ether oxygens (including phenoxy) is 1. The van der Waals surface area contributed by atoms with Gasteiger partial charge < -0.3 is 10.1 Å². The molecule has 1 aromatic carbocycles. The van der Waals surface area contributed by atoms with E-state index in [2.05, 4.69) is 35.2 Å². The summed E-state index contributed by atoms with van der Waals surface area (Å²) in [5, 5.41) is 6.29. The Morgan fingerprint density at radius 3 is 3.16 bits per heavy atom. The van der Waals surface area contributed by atoms with Gasteiger partial charge in [0.1, 0.15) is 17.4 Å². The van der Waals surface area contributed by atoms with Gasteiger partial charge in [0.15, 0.2) is 0 Å². The zero-order valence-electron chi connectivity index (χ0n) is 11.1. The van der Waals surface area contributed by atoms with E-state index in [1.165, 1.54) is 5.56 Å². The number of hydrogen-bond donors (Lipinski definition) is 1. The molecular weight excluding hydrogens is 256 g/mol. The highest BCUT2D eigenvalue weighted by Crippen LogP contribution is 2.16. The van der Waals surface area contributed by atoms with Crippen LogP contribution in [-0.4, -0.2) is 11.5 Å². The molecule has 19 heavy (non-hydrogen) atoms. The summed E-state index contributed by atoms with van der Waals surface area (Å²) in [5.74, 6) is 0.890. The molecule has 3 nitrogen and oxygen atoms in total. The molecule has 0 fully saturated rings. The molecule has 2 aromatic rings. The van der Waals surface area contributed by atoms with Crippen LogP contribution in [0.3, 0.4) is 0 Å². The lowest BCUT2D eigenvalue weighted by atomic mass is 10.2. The van der Waals surface area contributed by atoms with Crippen molar-refractivity contribution in [3.63, 3.8) is 0 Å². The van der Waals surface area contributed by atoms with E-state index in [0.29, 0.717) is 6.61 Å². The first kappa shape index (κ1) is 13.8. The van der Waals surface area contributed by atoms with Crippen molar-refractivity contribution in [2.75, 3.05) is 6.54 Å². The Balaban J connectivity index is 1.84. The Morgan fingerprint density at radius 2 is 2.37 bits per heavy atom. The summed E-state index contributed by atoms with van der Waals surface area (Å²) < 4.78 is 5.72. The zero-order chi connectivity index (χ0) is 13.5. The topological polar surface area (TPSA) is 34.1 Å². The number of hydrogen-bond acceptors (Lipinski definition) is 4. The van der Waals surface area contributed by atoms with Gasteiger partial charge in [0.2, 0.25) is 0 Å². The molecule has 0 spiro atoms. The highest BCUT2D eigenvalue weighted by Gasteiger charge is 2.02. The van der Waals surface area contributed by atoms with Crippen molar-refractivity contribution >= 4 is 11.3 Å². The molecule has 1 N–H and O–H groups in total. The third kappa shape index (κ3) is 4.50. The van der Waals surface area contributed by atoms with Gasteiger partial charge in [-0.05, 0) is 24.6 Å². The van der Waals surface area contributed by atoms with Crippen molar-refractivity contribution in [3.05, 3.63) is 58.6 Å². The SMILES string of the molecule is C=CCNCc1csc(COc2cccc(C)c2)n1. The summed E-state index contributed by atoms with van der Waals surface area (Å²) in [6.07, 6.45) is 1.84. The molecule has 1 aromatic heterocycles. The Morgan fingerprint density at radius 1 is 1.47 bits per heavy atom. The molecular formula is C15H18N2OS. The quantitative estimate of drug-likeness (QED) is 0.621. The number of nitrogens with one attached hydrogen (secondary N) is 1. The van der Waals surface area contributed by atoms with Crippen molar-refractivity contribution in [1.29, 1.82) is 0 Å². The summed E-state index contributed by atoms with van der Waals surface area (Å²) in [6, 6.07) is 8.05. The monoisotopic (exact) mass is 274 g/mol. The van der Waals surface area contributed by atoms with E-state index in [9.17, 15) is 0 Å². The Kier molecular flexibility index (Phi) is 5.12. The molecule has 0 aliphatic carbocycles.